The van der Waals surface area contributed by atoms with Gasteiger partial charge in [-0.1, -0.05) is 15.9 Å². The fraction of sp³-hybridized carbons (Fsp3) is 0.200. The minimum absolute atomic E-state index is 0.0439. The summed E-state index contributed by atoms with van der Waals surface area (Å²) in [5, 5.41) is 2.61. The Balaban J connectivity index is 2.23. The number of ether oxygens (including phenoxy) is 1. The van der Waals surface area contributed by atoms with Crippen LogP contribution in [0.5, 0.6) is 5.88 Å². The lowest BCUT2D eigenvalue weighted by atomic mass is 10.2. The maximum absolute atomic E-state index is 13.8. The molecule has 0 unspecified atom stereocenters. The average Bonchev–Trinajstić information content (AvgIpc) is 2.40. The molecule has 1 amide bonds. The maximum Gasteiger partial charge on any atom is 0.258 e. The van der Waals surface area contributed by atoms with Crippen molar-refractivity contribution in [2.24, 2.45) is 0 Å². The van der Waals surface area contributed by atoms with Crippen LogP contribution in [-0.2, 0) is 0 Å². The van der Waals surface area contributed by atoms with Crippen molar-refractivity contribution in [2.75, 3.05) is 5.32 Å². The van der Waals surface area contributed by atoms with E-state index in [4.69, 9.17) is 4.74 Å². The van der Waals surface area contributed by atoms with Gasteiger partial charge in [-0.05, 0) is 44.2 Å². The van der Waals surface area contributed by atoms with Crippen molar-refractivity contribution in [3.05, 3.63) is 52.4 Å². The largest absolute Gasteiger partial charge is 0.473 e. The number of carbonyl (C=O) groups is 1. The van der Waals surface area contributed by atoms with Gasteiger partial charge in [-0.25, -0.2) is 9.37 Å². The second kappa shape index (κ2) is 6.67. The van der Waals surface area contributed by atoms with Gasteiger partial charge in [0.15, 0.2) is 0 Å². The number of rotatable bonds is 4. The van der Waals surface area contributed by atoms with E-state index < -0.39 is 11.7 Å². The number of nitrogens with zero attached hydrogens (tertiary/aromatic N) is 1. The topological polar surface area (TPSA) is 51.2 Å². The van der Waals surface area contributed by atoms with Crippen molar-refractivity contribution in [1.29, 1.82) is 0 Å². The number of aromatic nitrogens is 1. The van der Waals surface area contributed by atoms with Gasteiger partial charge in [0.25, 0.3) is 5.91 Å². The van der Waals surface area contributed by atoms with E-state index >= 15 is 0 Å². The molecule has 6 heteroatoms. The molecule has 0 bridgehead atoms. The first-order chi connectivity index (χ1) is 9.97. The standard InChI is InChI=1S/C15H14BrFN2O2/c1-9(2)21-15-13(4-3-7-18-15)19-14(20)11-6-5-10(16)8-12(11)17/h3-9H,1-2H3,(H,19,20). The molecular weight excluding hydrogens is 339 g/mol. The zero-order valence-electron chi connectivity index (χ0n) is 11.6. The molecule has 0 radical (unpaired) electrons. The van der Waals surface area contributed by atoms with E-state index in [1.54, 1.807) is 24.4 Å². The van der Waals surface area contributed by atoms with Gasteiger partial charge in [-0.15, -0.1) is 0 Å². The third-order valence-electron chi connectivity index (χ3n) is 2.54. The van der Waals surface area contributed by atoms with Crippen LogP contribution in [0, 0.1) is 5.82 Å². The summed E-state index contributed by atoms with van der Waals surface area (Å²) in [6.45, 7) is 3.71. The second-order valence-electron chi connectivity index (χ2n) is 4.60. The first kappa shape index (κ1) is 15.4. The lowest BCUT2D eigenvalue weighted by molar-refractivity contribution is 0.102. The van der Waals surface area contributed by atoms with Crippen molar-refractivity contribution in [2.45, 2.75) is 20.0 Å². The van der Waals surface area contributed by atoms with E-state index in [-0.39, 0.29) is 11.7 Å². The van der Waals surface area contributed by atoms with Crippen LogP contribution < -0.4 is 10.1 Å². The Morgan fingerprint density at radius 2 is 2.14 bits per heavy atom. The quantitative estimate of drug-likeness (QED) is 0.903. The van der Waals surface area contributed by atoms with Gasteiger partial charge >= 0.3 is 0 Å². The molecular formula is C15H14BrFN2O2. The molecule has 1 aromatic heterocycles. The number of pyridine rings is 1. The maximum atomic E-state index is 13.8. The molecule has 110 valence electrons. The van der Waals surface area contributed by atoms with Crippen LogP contribution in [-0.4, -0.2) is 17.0 Å². The number of hydrogen-bond donors (Lipinski definition) is 1. The molecule has 0 aliphatic rings. The summed E-state index contributed by atoms with van der Waals surface area (Å²) >= 11 is 3.15. The lowest BCUT2D eigenvalue weighted by Crippen LogP contribution is -2.16. The summed E-state index contributed by atoms with van der Waals surface area (Å²) in [7, 11) is 0. The molecule has 21 heavy (non-hydrogen) atoms. The van der Waals surface area contributed by atoms with Crippen molar-refractivity contribution < 1.29 is 13.9 Å². The zero-order valence-corrected chi connectivity index (χ0v) is 13.1. The average molecular weight is 353 g/mol. The highest BCUT2D eigenvalue weighted by Crippen LogP contribution is 2.23. The Kier molecular flexibility index (Phi) is 4.90. The minimum atomic E-state index is -0.600. The van der Waals surface area contributed by atoms with Crippen molar-refractivity contribution in [3.8, 4) is 5.88 Å². The summed E-state index contributed by atoms with van der Waals surface area (Å²) < 4.78 is 19.9. The van der Waals surface area contributed by atoms with Gasteiger partial charge in [-0.2, -0.15) is 0 Å². The third kappa shape index (κ3) is 4.01. The van der Waals surface area contributed by atoms with Gasteiger partial charge in [0, 0.05) is 10.7 Å². The summed E-state index contributed by atoms with van der Waals surface area (Å²) in [4.78, 5) is 16.2. The molecule has 0 atom stereocenters. The summed E-state index contributed by atoms with van der Waals surface area (Å²) in [5.74, 6) is -0.850. The molecule has 1 heterocycles. The van der Waals surface area contributed by atoms with Crippen LogP contribution >= 0.6 is 15.9 Å². The number of amides is 1. The highest BCUT2D eigenvalue weighted by Gasteiger charge is 2.15. The Hall–Kier alpha value is -1.95. The van der Waals surface area contributed by atoms with Gasteiger partial charge in [0.1, 0.15) is 11.5 Å². The molecule has 0 saturated carbocycles. The number of hydrogen-bond acceptors (Lipinski definition) is 3. The molecule has 1 aromatic carbocycles. The van der Waals surface area contributed by atoms with Gasteiger partial charge in [-0.3, -0.25) is 4.79 Å². The van der Waals surface area contributed by atoms with Gasteiger partial charge in [0.2, 0.25) is 5.88 Å². The highest BCUT2D eigenvalue weighted by molar-refractivity contribution is 9.10. The molecule has 4 nitrogen and oxygen atoms in total. The van der Waals surface area contributed by atoms with Crippen LogP contribution in [0.4, 0.5) is 10.1 Å². The van der Waals surface area contributed by atoms with Crippen molar-refractivity contribution >= 4 is 27.5 Å². The van der Waals surface area contributed by atoms with E-state index in [0.717, 1.165) is 0 Å². The van der Waals surface area contributed by atoms with E-state index in [2.05, 4.69) is 26.2 Å². The smallest absolute Gasteiger partial charge is 0.258 e. The fourth-order valence-corrected chi connectivity index (χ4v) is 2.00. The number of halogens is 2. The number of nitrogens with one attached hydrogen (secondary N) is 1. The van der Waals surface area contributed by atoms with Crippen LogP contribution in [0.15, 0.2) is 41.0 Å². The van der Waals surface area contributed by atoms with Crippen molar-refractivity contribution in [3.63, 3.8) is 0 Å². The third-order valence-corrected chi connectivity index (χ3v) is 3.04. The van der Waals surface area contributed by atoms with Crippen LogP contribution in [0.25, 0.3) is 0 Å². The molecule has 0 aliphatic carbocycles. The molecule has 0 saturated heterocycles. The normalized spacial score (nSPS) is 10.5. The van der Waals surface area contributed by atoms with Gasteiger partial charge in [0.05, 0.1) is 11.7 Å². The molecule has 0 fully saturated rings. The predicted octanol–water partition coefficient (Wildman–Crippen LogP) is 4.02. The summed E-state index contributed by atoms with van der Waals surface area (Å²) in [5.41, 5.74) is 0.357. The molecule has 2 rings (SSSR count). The van der Waals surface area contributed by atoms with Gasteiger partial charge < -0.3 is 10.1 Å². The lowest BCUT2D eigenvalue weighted by Gasteiger charge is -2.13. The Morgan fingerprint density at radius 1 is 1.38 bits per heavy atom. The predicted molar refractivity (Wildman–Crippen MR) is 82.1 cm³/mol. The van der Waals surface area contributed by atoms with E-state index in [1.165, 1.54) is 12.1 Å². The Labute approximate surface area is 130 Å². The van der Waals surface area contributed by atoms with Crippen LogP contribution in [0.2, 0.25) is 0 Å². The van der Waals surface area contributed by atoms with E-state index in [9.17, 15) is 9.18 Å². The first-order valence-electron chi connectivity index (χ1n) is 6.35. The monoisotopic (exact) mass is 352 g/mol. The highest BCUT2D eigenvalue weighted by atomic mass is 79.9. The Morgan fingerprint density at radius 3 is 2.81 bits per heavy atom. The molecule has 0 aliphatic heterocycles. The first-order valence-corrected chi connectivity index (χ1v) is 7.14. The van der Waals surface area contributed by atoms with E-state index in [0.29, 0.717) is 16.0 Å². The minimum Gasteiger partial charge on any atom is -0.473 e. The van der Waals surface area contributed by atoms with Crippen LogP contribution in [0.3, 0.4) is 0 Å². The number of benzene rings is 1. The second-order valence-corrected chi connectivity index (χ2v) is 5.52. The van der Waals surface area contributed by atoms with Crippen molar-refractivity contribution in [1.82, 2.24) is 4.98 Å². The molecule has 1 N–H and O–H groups in total. The SMILES string of the molecule is CC(C)Oc1ncccc1NC(=O)c1ccc(Br)cc1F. The summed E-state index contributed by atoms with van der Waals surface area (Å²) in [6, 6.07) is 7.57. The van der Waals surface area contributed by atoms with Crippen LogP contribution in [0.1, 0.15) is 24.2 Å². The summed E-state index contributed by atoms with van der Waals surface area (Å²) in [6.07, 6.45) is 1.48. The Bertz CT molecular complexity index is 662. The molecule has 0 spiro atoms. The number of anilines is 1. The zero-order chi connectivity index (χ0) is 15.4. The van der Waals surface area contributed by atoms with E-state index in [1.807, 2.05) is 13.8 Å². The fourth-order valence-electron chi connectivity index (χ4n) is 1.67. The number of carbonyl (C=O) groups excluding carboxylic acids is 1. The molecule has 2 aromatic rings.